The summed E-state index contributed by atoms with van der Waals surface area (Å²) in [4.78, 5) is 25.2. The molecule has 1 aliphatic heterocycles. The van der Waals surface area contributed by atoms with Crippen LogP contribution in [0, 0.1) is 5.92 Å². The van der Waals surface area contributed by atoms with Crippen LogP contribution in [-0.4, -0.2) is 32.0 Å². The molecule has 0 spiro atoms. The van der Waals surface area contributed by atoms with Gasteiger partial charge in [-0.25, -0.2) is 0 Å². The number of nitrogens with one attached hydrogen (secondary N) is 3. The predicted octanol–water partition coefficient (Wildman–Crippen LogP) is 3.31. The average molecular weight is 390 g/mol. The van der Waals surface area contributed by atoms with Crippen LogP contribution in [0.1, 0.15) is 23.2 Å². The molecule has 3 N–H and O–H groups in total. The number of carbonyl (C=O) groups excluding carboxylic acids is 2. The Morgan fingerprint density at radius 1 is 1.04 bits per heavy atom. The summed E-state index contributed by atoms with van der Waals surface area (Å²) in [5.41, 5.74) is 1.59. The topological polar surface area (TPSA) is 79.5 Å². The molecule has 1 heterocycles. The Balaban J connectivity index is 0.00000261. The van der Waals surface area contributed by atoms with Gasteiger partial charge < -0.3 is 20.7 Å². The second kappa shape index (κ2) is 9.94. The maximum absolute atomic E-state index is 12.7. The lowest BCUT2D eigenvalue weighted by Crippen LogP contribution is -2.35. The number of amides is 2. The Bertz CT molecular complexity index is 792. The van der Waals surface area contributed by atoms with Gasteiger partial charge >= 0.3 is 0 Å². The summed E-state index contributed by atoms with van der Waals surface area (Å²) in [5, 5.41) is 9.01. The summed E-state index contributed by atoms with van der Waals surface area (Å²) in [5.74, 6) is 0.327. The molecule has 144 valence electrons. The minimum absolute atomic E-state index is 0. The van der Waals surface area contributed by atoms with Crippen molar-refractivity contribution in [3.05, 3.63) is 54.1 Å². The van der Waals surface area contributed by atoms with Crippen LogP contribution in [0.2, 0.25) is 0 Å². The number of benzene rings is 2. The molecule has 0 bridgehead atoms. The van der Waals surface area contributed by atoms with Crippen molar-refractivity contribution in [2.45, 2.75) is 12.8 Å². The molecular weight excluding hydrogens is 366 g/mol. The Hall–Kier alpha value is -2.57. The van der Waals surface area contributed by atoms with Gasteiger partial charge in [0.2, 0.25) is 5.91 Å². The summed E-state index contributed by atoms with van der Waals surface area (Å²) in [6.07, 6.45) is 1.62. The zero-order chi connectivity index (χ0) is 18.4. The monoisotopic (exact) mass is 389 g/mol. The number of rotatable bonds is 5. The zero-order valence-corrected chi connectivity index (χ0v) is 16.0. The van der Waals surface area contributed by atoms with E-state index in [0.29, 0.717) is 22.7 Å². The van der Waals surface area contributed by atoms with E-state index < -0.39 is 0 Å². The summed E-state index contributed by atoms with van der Waals surface area (Å²) < 4.78 is 5.17. The van der Waals surface area contributed by atoms with Crippen molar-refractivity contribution < 1.29 is 14.3 Å². The number of methoxy groups -OCH3 is 1. The summed E-state index contributed by atoms with van der Waals surface area (Å²) >= 11 is 0. The Kier molecular flexibility index (Phi) is 7.64. The van der Waals surface area contributed by atoms with E-state index in [0.717, 1.165) is 25.9 Å². The Morgan fingerprint density at radius 2 is 1.78 bits per heavy atom. The fourth-order valence-electron chi connectivity index (χ4n) is 3.01. The molecule has 2 aromatic carbocycles. The van der Waals surface area contributed by atoms with E-state index in [2.05, 4.69) is 16.0 Å². The van der Waals surface area contributed by atoms with E-state index in [-0.39, 0.29) is 30.1 Å². The molecule has 3 rings (SSSR count). The van der Waals surface area contributed by atoms with Crippen LogP contribution in [0.5, 0.6) is 5.75 Å². The van der Waals surface area contributed by atoms with Crippen LogP contribution >= 0.6 is 12.4 Å². The molecule has 1 aliphatic rings. The fraction of sp³-hybridized carbons (Fsp3) is 0.300. The maximum Gasteiger partial charge on any atom is 0.257 e. The average Bonchev–Trinajstić information content (AvgIpc) is 2.69. The molecule has 0 radical (unpaired) electrons. The quantitative estimate of drug-likeness (QED) is 0.733. The summed E-state index contributed by atoms with van der Waals surface area (Å²) in [6, 6.07) is 14.2. The second-order valence-electron chi connectivity index (χ2n) is 6.25. The van der Waals surface area contributed by atoms with Gasteiger partial charge in [0.25, 0.3) is 5.91 Å². The predicted molar refractivity (Wildman–Crippen MR) is 109 cm³/mol. The van der Waals surface area contributed by atoms with Crippen molar-refractivity contribution in [1.82, 2.24) is 5.32 Å². The van der Waals surface area contributed by atoms with Gasteiger partial charge in [-0.2, -0.15) is 0 Å². The molecule has 1 fully saturated rings. The molecule has 2 aromatic rings. The summed E-state index contributed by atoms with van der Waals surface area (Å²) in [7, 11) is 1.58. The number of ether oxygens (including phenoxy) is 1. The zero-order valence-electron chi connectivity index (χ0n) is 15.2. The highest BCUT2D eigenvalue weighted by Crippen LogP contribution is 2.22. The van der Waals surface area contributed by atoms with Crippen molar-refractivity contribution in [1.29, 1.82) is 0 Å². The molecule has 0 unspecified atom stereocenters. The molecule has 0 aromatic heterocycles. The standard InChI is InChI=1S/C20H23N3O3.ClH/c1-26-16-6-4-5-15(13-16)22-20(25)17-7-2-3-8-18(17)23-19(24)14-9-11-21-12-10-14;/h2-8,13-14,21H,9-12H2,1H3,(H,22,25)(H,23,24);1H. The van der Waals surface area contributed by atoms with Gasteiger partial charge in [0.1, 0.15) is 5.75 Å². The molecule has 0 atom stereocenters. The fourth-order valence-corrected chi connectivity index (χ4v) is 3.01. The van der Waals surface area contributed by atoms with Crippen molar-refractivity contribution >= 4 is 35.6 Å². The Morgan fingerprint density at radius 3 is 2.52 bits per heavy atom. The number of para-hydroxylation sites is 1. The number of anilines is 2. The van der Waals surface area contributed by atoms with E-state index in [1.54, 1.807) is 49.6 Å². The first kappa shape index (κ1) is 20.7. The van der Waals surface area contributed by atoms with Gasteiger partial charge in [0, 0.05) is 17.7 Å². The lowest BCUT2D eigenvalue weighted by Gasteiger charge is -2.22. The molecule has 0 aliphatic carbocycles. The first-order valence-corrected chi connectivity index (χ1v) is 8.73. The minimum atomic E-state index is -0.278. The maximum atomic E-state index is 12.7. The molecular formula is C20H24ClN3O3. The van der Waals surface area contributed by atoms with Crippen LogP contribution in [-0.2, 0) is 4.79 Å². The summed E-state index contributed by atoms with van der Waals surface area (Å²) in [6.45, 7) is 1.69. The number of hydrogen-bond donors (Lipinski definition) is 3. The molecule has 0 saturated carbocycles. The largest absolute Gasteiger partial charge is 0.497 e. The number of hydrogen-bond acceptors (Lipinski definition) is 4. The number of halogens is 1. The third kappa shape index (κ3) is 5.45. The lowest BCUT2D eigenvalue weighted by atomic mass is 9.97. The SMILES string of the molecule is COc1cccc(NC(=O)c2ccccc2NC(=O)C2CCNCC2)c1.Cl. The van der Waals surface area contributed by atoms with Gasteiger partial charge in [-0.15, -0.1) is 12.4 Å². The Labute approximate surface area is 165 Å². The second-order valence-corrected chi connectivity index (χ2v) is 6.25. The van der Waals surface area contributed by atoms with E-state index in [4.69, 9.17) is 4.74 Å². The van der Waals surface area contributed by atoms with Gasteiger partial charge in [-0.3, -0.25) is 9.59 Å². The highest BCUT2D eigenvalue weighted by atomic mass is 35.5. The third-order valence-corrected chi connectivity index (χ3v) is 4.47. The number of piperidine rings is 1. The third-order valence-electron chi connectivity index (χ3n) is 4.47. The molecule has 27 heavy (non-hydrogen) atoms. The molecule has 2 amide bonds. The van der Waals surface area contributed by atoms with Gasteiger partial charge in [0.05, 0.1) is 18.4 Å². The van der Waals surface area contributed by atoms with Crippen molar-refractivity contribution in [3.8, 4) is 5.75 Å². The van der Waals surface area contributed by atoms with Crippen LogP contribution in [0.3, 0.4) is 0 Å². The van der Waals surface area contributed by atoms with Gasteiger partial charge in [0.15, 0.2) is 0 Å². The van der Waals surface area contributed by atoms with Crippen LogP contribution in [0.4, 0.5) is 11.4 Å². The highest BCUT2D eigenvalue weighted by molar-refractivity contribution is 6.10. The van der Waals surface area contributed by atoms with Crippen LogP contribution in [0.15, 0.2) is 48.5 Å². The van der Waals surface area contributed by atoms with Gasteiger partial charge in [-0.05, 0) is 50.2 Å². The van der Waals surface area contributed by atoms with Crippen molar-refractivity contribution in [2.75, 3.05) is 30.8 Å². The van der Waals surface area contributed by atoms with E-state index in [1.165, 1.54) is 0 Å². The minimum Gasteiger partial charge on any atom is -0.497 e. The molecule has 1 saturated heterocycles. The molecule has 6 nitrogen and oxygen atoms in total. The van der Waals surface area contributed by atoms with E-state index >= 15 is 0 Å². The lowest BCUT2D eigenvalue weighted by molar-refractivity contribution is -0.120. The number of carbonyl (C=O) groups is 2. The highest BCUT2D eigenvalue weighted by Gasteiger charge is 2.22. The van der Waals surface area contributed by atoms with Crippen LogP contribution < -0.4 is 20.7 Å². The van der Waals surface area contributed by atoms with E-state index in [9.17, 15) is 9.59 Å². The van der Waals surface area contributed by atoms with Crippen molar-refractivity contribution in [3.63, 3.8) is 0 Å². The first-order valence-electron chi connectivity index (χ1n) is 8.73. The van der Waals surface area contributed by atoms with Crippen molar-refractivity contribution in [2.24, 2.45) is 5.92 Å². The first-order chi connectivity index (χ1) is 12.7. The molecule has 7 heteroatoms. The van der Waals surface area contributed by atoms with Crippen LogP contribution in [0.25, 0.3) is 0 Å². The smallest absolute Gasteiger partial charge is 0.257 e. The normalized spacial score (nSPS) is 14.0. The van der Waals surface area contributed by atoms with Gasteiger partial charge in [-0.1, -0.05) is 18.2 Å². The van der Waals surface area contributed by atoms with E-state index in [1.807, 2.05) is 6.07 Å².